The first-order chi connectivity index (χ1) is 8.13. The lowest BCUT2D eigenvalue weighted by Gasteiger charge is -2.17. The first-order valence-corrected chi connectivity index (χ1v) is 6.64. The first kappa shape index (κ1) is 17.2. The summed E-state index contributed by atoms with van der Waals surface area (Å²) in [5, 5.41) is 2.91. The predicted molar refractivity (Wildman–Crippen MR) is 76.5 cm³/mol. The molecule has 0 atom stereocenters. The van der Waals surface area contributed by atoms with Crippen molar-refractivity contribution in [1.82, 2.24) is 5.32 Å². The van der Waals surface area contributed by atoms with Crippen LogP contribution in [0, 0.1) is 10.8 Å². The highest BCUT2D eigenvalue weighted by Gasteiger charge is 2.19. The number of ether oxygens (including phenoxy) is 1. The zero-order valence-electron chi connectivity index (χ0n) is 12.8. The standard InChI is InChI=1S/C15H29NO2/c1-14(2,3)12-18-11-9-7-8-10-16-13(17)15(4,5)6/h7,9H,8,10-12H2,1-6H3,(H,16,17)/b9-7-. The molecule has 0 aliphatic carbocycles. The topological polar surface area (TPSA) is 38.3 Å². The molecule has 0 aromatic heterocycles. The molecule has 0 spiro atoms. The van der Waals surface area contributed by atoms with Crippen molar-refractivity contribution in [2.24, 2.45) is 10.8 Å². The summed E-state index contributed by atoms with van der Waals surface area (Å²) in [5.74, 6) is 0.0971. The van der Waals surface area contributed by atoms with Crippen molar-refractivity contribution in [2.75, 3.05) is 19.8 Å². The Morgan fingerprint density at radius 3 is 2.22 bits per heavy atom. The summed E-state index contributed by atoms with van der Waals surface area (Å²) in [4.78, 5) is 11.6. The Hall–Kier alpha value is -0.830. The highest BCUT2D eigenvalue weighted by atomic mass is 16.5. The van der Waals surface area contributed by atoms with Gasteiger partial charge in [-0.1, -0.05) is 53.7 Å². The molecule has 0 aromatic carbocycles. The Morgan fingerprint density at radius 1 is 1.11 bits per heavy atom. The number of carbonyl (C=O) groups excluding carboxylic acids is 1. The van der Waals surface area contributed by atoms with Gasteiger partial charge in [0.05, 0.1) is 13.2 Å². The summed E-state index contributed by atoms with van der Waals surface area (Å²) in [5.41, 5.74) is -0.0892. The van der Waals surface area contributed by atoms with Crippen LogP contribution in [0.1, 0.15) is 48.0 Å². The van der Waals surface area contributed by atoms with E-state index in [1.807, 2.05) is 32.9 Å². The number of carbonyl (C=O) groups is 1. The average molecular weight is 255 g/mol. The van der Waals surface area contributed by atoms with Crippen LogP contribution in [-0.4, -0.2) is 25.7 Å². The second kappa shape index (κ2) is 7.57. The fraction of sp³-hybridized carbons (Fsp3) is 0.800. The number of hydrogen-bond acceptors (Lipinski definition) is 2. The molecule has 0 fully saturated rings. The van der Waals surface area contributed by atoms with Crippen LogP contribution in [-0.2, 0) is 9.53 Å². The minimum absolute atomic E-state index is 0.0971. The van der Waals surface area contributed by atoms with Crippen LogP contribution in [0.2, 0.25) is 0 Å². The molecule has 0 radical (unpaired) electrons. The van der Waals surface area contributed by atoms with Crippen molar-refractivity contribution in [1.29, 1.82) is 0 Å². The third-order valence-corrected chi connectivity index (χ3v) is 2.19. The molecule has 0 bridgehead atoms. The summed E-state index contributed by atoms with van der Waals surface area (Å²) >= 11 is 0. The van der Waals surface area contributed by atoms with Crippen LogP contribution < -0.4 is 5.32 Å². The second-order valence-electron chi connectivity index (χ2n) is 6.84. The van der Waals surface area contributed by atoms with E-state index in [9.17, 15) is 4.79 Å². The lowest BCUT2D eigenvalue weighted by molar-refractivity contribution is -0.128. The molecule has 0 heterocycles. The van der Waals surface area contributed by atoms with Crippen LogP contribution in [0.3, 0.4) is 0 Å². The van der Waals surface area contributed by atoms with E-state index in [1.165, 1.54) is 0 Å². The van der Waals surface area contributed by atoms with Gasteiger partial charge in [-0.15, -0.1) is 0 Å². The van der Waals surface area contributed by atoms with Gasteiger partial charge in [-0.3, -0.25) is 4.79 Å². The molecule has 1 amide bonds. The Labute approximate surface area is 112 Å². The Kier molecular flexibility index (Phi) is 7.22. The summed E-state index contributed by atoms with van der Waals surface area (Å²) in [6, 6.07) is 0. The van der Waals surface area contributed by atoms with Crippen molar-refractivity contribution < 1.29 is 9.53 Å². The minimum Gasteiger partial charge on any atom is -0.377 e. The van der Waals surface area contributed by atoms with Gasteiger partial charge < -0.3 is 10.1 Å². The molecule has 0 aliphatic rings. The number of hydrogen-bond donors (Lipinski definition) is 1. The summed E-state index contributed by atoms with van der Waals surface area (Å²) < 4.78 is 5.51. The molecule has 0 rings (SSSR count). The van der Waals surface area contributed by atoms with E-state index in [-0.39, 0.29) is 16.7 Å². The second-order valence-corrected chi connectivity index (χ2v) is 6.84. The van der Waals surface area contributed by atoms with Gasteiger partial charge in [-0.2, -0.15) is 0 Å². The lowest BCUT2D eigenvalue weighted by Crippen LogP contribution is -2.35. The van der Waals surface area contributed by atoms with Gasteiger partial charge in [-0.05, 0) is 11.8 Å². The minimum atomic E-state index is -0.306. The van der Waals surface area contributed by atoms with Gasteiger partial charge in [0, 0.05) is 12.0 Å². The van der Waals surface area contributed by atoms with Gasteiger partial charge in [0.1, 0.15) is 0 Å². The highest BCUT2D eigenvalue weighted by molar-refractivity contribution is 5.81. The zero-order chi connectivity index (χ0) is 14.2. The summed E-state index contributed by atoms with van der Waals surface area (Å²) in [6.45, 7) is 14.3. The fourth-order valence-corrected chi connectivity index (χ4v) is 1.15. The van der Waals surface area contributed by atoms with Gasteiger partial charge in [0.15, 0.2) is 0 Å². The van der Waals surface area contributed by atoms with Crippen LogP contribution in [0.5, 0.6) is 0 Å². The van der Waals surface area contributed by atoms with Crippen molar-refractivity contribution >= 4 is 5.91 Å². The quantitative estimate of drug-likeness (QED) is 0.585. The van der Waals surface area contributed by atoms with Crippen LogP contribution in [0.4, 0.5) is 0 Å². The molecule has 1 N–H and O–H groups in total. The highest BCUT2D eigenvalue weighted by Crippen LogP contribution is 2.13. The van der Waals surface area contributed by atoms with Crippen LogP contribution in [0.25, 0.3) is 0 Å². The third-order valence-electron chi connectivity index (χ3n) is 2.19. The zero-order valence-corrected chi connectivity index (χ0v) is 12.8. The average Bonchev–Trinajstić information content (AvgIpc) is 2.18. The number of rotatable bonds is 6. The Morgan fingerprint density at radius 2 is 1.72 bits per heavy atom. The van der Waals surface area contributed by atoms with E-state index in [4.69, 9.17) is 4.74 Å². The normalized spacial score (nSPS) is 13.0. The maximum absolute atomic E-state index is 11.6. The van der Waals surface area contributed by atoms with Crippen molar-refractivity contribution in [3.05, 3.63) is 12.2 Å². The fourth-order valence-electron chi connectivity index (χ4n) is 1.15. The smallest absolute Gasteiger partial charge is 0.225 e. The molecule has 106 valence electrons. The van der Waals surface area contributed by atoms with Crippen LogP contribution >= 0.6 is 0 Å². The first-order valence-electron chi connectivity index (χ1n) is 6.64. The van der Waals surface area contributed by atoms with Gasteiger partial charge in [-0.25, -0.2) is 0 Å². The molecule has 0 saturated heterocycles. The molecule has 18 heavy (non-hydrogen) atoms. The Balaban J connectivity index is 3.53. The number of amides is 1. The number of nitrogens with one attached hydrogen (secondary N) is 1. The molecular formula is C15H29NO2. The largest absolute Gasteiger partial charge is 0.377 e. The van der Waals surface area contributed by atoms with E-state index in [0.717, 1.165) is 13.0 Å². The molecule has 0 unspecified atom stereocenters. The molecule has 3 nitrogen and oxygen atoms in total. The monoisotopic (exact) mass is 255 g/mol. The molecule has 3 heteroatoms. The Bertz CT molecular complexity index is 269. The van der Waals surface area contributed by atoms with E-state index in [1.54, 1.807) is 0 Å². The van der Waals surface area contributed by atoms with E-state index in [2.05, 4.69) is 26.1 Å². The SMILES string of the molecule is CC(C)(C)COC/C=C\CCNC(=O)C(C)(C)C. The predicted octanol–water partition coefficient (Wildman–Crippen LogP) is 3.16. The molecule has 0 aliphatic heterocycles. The van der Waals surface area contributed by atoms with Crippen molar-refractivity contribution in [3.8, 4) is 0 Å². The van der Waals surface area contributed by atoms with Crippen molar-refractivity contribution in [3.63, 3.8) is 0 Å². The van der Waals surface area contributed by atoms with Gasteiger partial charge >= 0.3 is 0 Å². The van der Waals surface area contributed by atoms with Gasteiger partial charge in [0.25, 0.3) is 0 Å². The van der Waals surface area contributed by atoms with E-state index < -0.39 is 0 Å². The summed E-state index contributed by atoms with van der Waals surface area (Å²) in [6.07, 6.45) is 4.90. The van der Waals surface area contributed by atoms with Crippen LogP contribution in [0.15, 0.2) is 12.2 Å². The molecule has 0 saturated carbocycles. The van der Waals surface area contributed by atoms with Gasteiger partial charge in [0.2, 0.25) is 5.91 Å². The molecule has 0 aromatic rings. The third kappa shape index (κ3) is 10.3. The molecular weight excluding hydrogens is 226 g/mol. The van der Waals surface area contributed by atoms with Crippen molar-refractivity contribution in [2.45, 2.75) is 48.0 Å². The lowest BCUT2D eigenvalue weighted by atomic mass is 9.96. The summed E-state index contributed by atoms with van der Waals surface area (Å²) in [7, 11) is 0. The van der Waals surface area contributed by atoms with E-state index >= 15 is 0 Å². The van der Waals surface area contributed by atoms with E-state index in [0.29, 0.717) is 13.2 Å². The maximum atomic E-state index is 11.6. The maximum Gasteiger partial charge on any atom is 0.225 e.